The molecule has 0 spiro atoms. The van der Waals surface area contributed by atoms with E-state index in [1.807, 2.05) is 0 Å². The van der Waals surface area contributed by atoms with Crippen LogP contribution >= 0.6 is 11.6 Å². The standard InChI is InChI=1S/C14H18ClN3O3/c15-9-1-3-10(4-2-9)17-14(20)18-11-5-7-12(8-6-11)21-13(16)19/h1-4,11-12H,5-8H2,(H2,16,19)(H2,17,18,20). The number of halogens is 1. The zero-order valence-electron chi connectivity index (χ0n) is 11.5. The molecule has 1 aromatic carbocycles. The zero-order chi connectivity index (χ0) is 15.2. The SMILES string of the molecule is NC(=O)OC1CCC(NC(=O)Nc2ccc(Cl)cc2)CC1. The first-order valence-corrected chi connectivity index (χ1v) is 7.20. The molecule has 0 heterocycles. The van der Waals surface area contributed by atoms with E-state index < -0.39 is 6.09 Å². The van der Waals surface area contributed by atoms with E-state index in [1.165, 1.54) is 0 Å². The number of nitrogens with two attached hydrogens (primary N) is 1. The van der Waals surface area contributed by atoms with Crippen molar-refractivity contribution in [2.24, 2.45) is 5.73 Å². The van der Waals surface area contributed by atoms with Crippen molar-refractivity contribution in [3.63, 3.8) is 0 Å². The second-order valence-corrected chi connectivity index (χ2v) is 5.45. The molecule has 0 aliphatic heterocycles. The molecule has 0 aromatic heterocycles. The number of urea groups is 1. The molecule has 7 heteroatoms. The van der Waals surface area contributed by atoms with Gasteiger partial charge in [0.25, 0.3) is 0 Å². The van der Waals surface area contributed by atoms with Gasteiger partial charge in [-0.3, -0.25) is 0 Å². The van der Waals surface area contributed by atoms with Gasteiger partial charge in [-0.25, -0.2) is 9.59 Å². The molecule has 2 rings (SSSR count). The van der Waals surface area contributed by atoms with Gasteiger partial charge in [0.1, 0.15) is 6.10 Å². The molecule has 1 aromatic rings. The maximum absolute atomic E-state index is 11.9. The monoisotopic (exact) mass is 311 g/mol. The molecule has 1 saturated carbocycles. The average molecular weight is 312 g/mol. The summed E-state index contributed by atoms with van der Waals surface area (Å²) in [6, 6.07) is 6.72. The molecular formula is C14H18ClN3O3. The molecule has 1 aliphatic carbocycles. The first kappa shape index (κ1) is 15.4. The van der Waals surface area contributed by atoms with Crippen molar-refractivity contribution in [3.8, 4) is 0 Å². The summed E-state index contributed by atoms with van der Waals surface area (Å²) in [5.41, 5.74) is 5.67. The van der Waals surface area contributed by atoms with E-state index in [-0.39, 0.29) is 18.2 Å². The molecule has 21 heavy (non-hydrogen) atoms. The highest BCUT2D eigenvalue weighted by Crippen LogP contribution is 2.21. The fourth-order valence-electron chi connectivity index (χ4n) is 2.38. The number of amides is 3. The predicted molar refractivity (Wildman–Crippen MR) is 80.3 cm³/mol. The first-order chi connectivity index (χ1) is 10.0. The Morgan fingerprint density at radius 3 is 2.33 bits per heavy atom. The molecule has 0 radical (unpaired) electrons. The van der Waals surface area contributed by atoms with E-state index in [0.29, 0.717) is 23.6 Å². The van der Waals surface area contributed by atoms with Crippen molar-refractivity contribution in [1.29, 1.82) is 0 Å². The third-order valence-corrected chi connectivity index (χ3v) is 3.65. The number of carbonyl (C=O) groups is 2. The molecule has 0 unspecified atom stereocenters. The van der Waals surface area contributed by atoms with Crippen LogP contribution in [0.5, 0.6) is 0 Å². The third kappa shape index (κ3) is 5.15. The average Bonchev–Trinajstić information content (AvgIpc) is 2.43. The van der Waals surface area contributed by atoms with E-state index in [0.717, 1.165) is 12.8 Å². The molecule has 3 amide bonds. The van der Waals surface area contributed by atoms with E-state index in [1.54, 1.807) is 24.3 Å². The highest BCUT2D eigenvalue weighted by atomic mass is 35.5. The predicted octanol–water partition coefficient (Wildman–Crippen LogP) is 2.87. The third-order valence-electron chi connectivity index (χ3n) is 3.39. The lowest BCUT2D eigenvalue weighted by Gasteiger charge is -2.28. The van der Waals surface area contributed by atoms with Crippen LogP contribution in [0, 0.1) is 0 Å². The number of hydrogen-bond acceptors (Lipinski definition) is 3. The van der Waals surface area contributed by atoms with Crippen LogP contribution in [0.15, 0.2) is 24.3 Å². The van der Waals surface area contributed by atoms with Gasteiger partial charge in [0.2, 0.25) is 0 Å². The Kier molecular flexibility index (Phi) is 5.27. The fraction of sp³-hybridized carbons (Fsp3) is 0.429. The van der Waals surface area contributed by atoms with Crippen molar-refractivity contribution < 1.29 is 14.3 Å². The van der Waals surface area contributed by atoms with Crippen molar-refractivity contribution in [1.82, 2.24) is 5.32 Å². The summed E-state index contributed by atoms with van der Waals surface area (Å²) in [7, 11) is 0. The Morgan fingerprint density at radius 2 is 1.76 bits per heavy atom. The largest absolute Gasteiger partial charge is 0.446 e. The molecule has 1 fully saturated rings. The number of ether oxygens (including phenoxy) is 1. The molecule has 6 nitrogen and oxygen atoms in total. The summed E-state index contributed by atoms with van der Waals surface area (Å²) in [5, 5.41) is 6.27. The highest BCUT2D eigenvalue weighted by Gasteiger charge is 2.24. The smallest absolute Gasteiger partial charge is 0.404 e. The second-order valence-electron chi connectivity index (χ2n) is 5.02. The van der Waals surface area contributed by atoms with Gasteiger partial charge in [-0.1, -0.05) is 11.6 Å². The number of nitrogens with one attached hydrogen (secondary N) is 2. The van der Waals surface area contributed by atoms with Gasteiger partial charge in [-0.15, -0.1) is 0 Å². The van der Waals surface area contributed by atoms with Crippen LogP contribution in [0.2, 0.25) is 5.02 Å². The van der Waals surface area contributed by atoms with Crippen LogP contribution in [0.1, 0.15) is 25.7 Å². The Labute approximate surface area is 128 Å². The molecule has 4 N–H and O–H groups in total. The second kappa shape index (κ2) is 7.17. The Morgan fingerprint density at radius 1 is 1.14 bits per heavy atom. The van der Waals surface area contributed by atoms with Crippen molar-refractivity contribution in [2.75, 3.05) is 5.32 Å². The number of hydrogen-bond donors (Lipinski definition) is 3. The normalized spacial score (nSPS) is 21.4. The zero-order valence-corrected chi connectivity index (χ0v) is 12.2. The van der Waals surface area contributed by atoms with Gasteiger partial charge in [0, 0.05) is 16.8 Å². The number of primary amides is 1. The number of anilines is 1. The lowest BCUT2D eigenvalue weighted by Crippen LogP contribution is -2.41. The van der Waals surface area contributed by atoms with E-state index in [2.05, 4.69) is 10.6 Å². The van der Waals surface area contributed by atoms with E-state index >= 15 is 0 Å². The minimum atomic E-state index is -0.744. The summed E-state index contributed by atoms with van der Waals surface area (Å²) >= 11 is 5.78. The van der Waals surface area contributed by atoms with E-state index in [9.17, 15) is 9.59 Å². The van der Waals surface area contributed by atoms with Crippen LogP contribution in [0.4, 0.5) is 15.3 Å². The van der Waals surface area contributed by atoms with Gasteiger partial charge >= 0.3 is 12.1 Å². The van der Waals surface area contributed by atoms with Crippen LogP contribution in [-0.2, 0) is 4.74 Å². The Hall–Kier alpha value is -1.95. The lowest BCUT2D eigenvalue weighted by molar-refractivity contribution is 0.0767. The van der Waals surface area contributed by atoms with Gasteiger partial charge in [-0.05, 0) is 49.9 Å². The summed E-state index contributed by atoms with van der Waals surface area (Å²) in [6.45, 7) is 0. The Balaban J connectivity index is 1.74. The molecular weight excluding hydrogens is 294 g/mol. The van der Waals surface area contributed by atoms with Gasteiger partial charge in [0.05, 0.1) is 0 Å². The molecule has 0 atom stereocenters. The van der Waals surface area contributed by atoms with Gasteiger partial charge < -0.3 is 21.1 Å². The minimum absolute atomic E-state index is 0.0741. The van der Waals surface area contributed by atoms with Gasteiger partial charge in [0.15, 0.2) is 0 Å². The molecule has 114 valence electrons. The van der Waals surface area contributed by atoms with Crippen molar-refractivity contribution in [3.05, 3.63) is 29.3 Å². The van der Waals surface area contributed by atoms with Crippen molar-refractivity contribution >= 4 is 29.4 Å². The fourth-order valence-corrected chi connectivity index (χ4v) is 2.50. The quantitative estimate of drug-likeness (QED) is 0.801. The van der Waals surface area contributed by atoms with Crippen LogP contribution in [0.3, 0.4) is 0 Å². The molecule has 0 saturated heterocycles. The maximum atomic E-state index is 11.9. The van der Waals surface area contributed by atoms with E-state index in [4.69, 9.17) is 22.1 Å². The van der Waals surface area contributed by atoms with Gasteiger partial charge in [-0.2, -0.15) is 0 Å². The molecule has 1 aliphatic rings. The number of carbonyl (C=O) groups excluding carboxylic acids is 2. The topological polar surface area (TPSA) is 93.5 Å². The number of rotatable bonds is 3. The summed E-state index contributed by atoms with van der Waals surface area (Å²) < 4.78 is 4.95. The Bertz CT molecular complexity index is 499. The van der Waals surface area contributed by atoms with Crippen LogP contribution in [-0.4, -0.2) is 24.3 Å². The number of benzene rings is 1. The van der Waals surface area contributed by atoms with Crippen molar-refractivity contribution in [2.45, 2.75) is 37.8 Å². The highest BCUT2D eigenvalue weighted by molar-refractivity contribution is 6.30. The summed E-state index contributed by atoms with van der Waals surface area (Å²) in [5.74, 6) is 0. The maximum Gasteiger partial charge on any atom is 0.404 e. The summed E-state index contributed by atoms with van der Waals surface area (Å²) in [4.78, 5) is 22.5. The lowest BCUT2D eigenvalue weighted by atomic mass is 9.93. The van der Waals surface area contributed by atoms with Crippen LogP contribution < -0.4 is 16.4 Å². The van der Waals surface area contributed by atoms with Crippen LogP contribution in [0.25, 0.3) is 0 Å². The minimum Gasteiger partial charge on any atom is -0.446 e. The first-order valence-electron chi connectivity index (χ1n) is 6.82. The molecule has 0 bridgehead atoms. The summed E-state index contributed by atoms with van der Waals surface area (Å²) in [6.07, 6.45) is 2.04.